The van der Waals surface area contributed by atoms with Crippen molar-refractivity contribution in [1.82, 2.24) is 4.90 Å². The van der Waals surface area contributed by atoms with Crippen LogP contribution in [0.2, 0.25) is 0 Å². The summed E-state index contributed by atoms with van der Waals surface area (Å²) < 4.78 is 0. The molecule has 3 nitrogen and oxygen atoms in total. The van der Waals surface area contributed by atoms with Crippen LogP contribution in [0, 0.1) is 6.92 Å². The van der Waals surface area contributed by atoms with E-state index in [1.807, 2.05) is 24.0 Å². The molecule has 0 radical (unpaired) electrons. The van der Waals surface area contributed by atoms with Gasteiger partial charge in [0.25, 0.3) is 0 Å². The third-order valence-electron chi connectivity index (χ3n) is 4.21. The van der Waals surface area contributed by atoms with Crippen molar-refractivity contribution in [2.75, 3.05) is 6.54 Å². The molecule has 1 aromatic rings. The van der Waals surface area contributed by atoms with Crippen molar-refractivity contribution in [3.8, 4) is 0 Å². The maximum atomic E-state index is 12.3. The number of benzene rings is 1. The maximum Gasteiger partial charge on any atom is 0.224 e. The molecule has 2 rings (SSSR count). The molecular weight excluding hydrogens is 236 g/mol. The van der Waals surface area contributed by atoms with Crippen molar-refractivity contribution in [3.63, 3.8) is 0 Å². The van der Waals surface area contributed by atoms with E-state index in [0.717, 1.165) is 25.8 Å². The largest absolute Gasteiger partial charge is 0.339 e. The fourth-order valence-electron chi connectivity index (χ4n) is 2.59. The molecule has 0 heterocycles. The first-order chi connectivity index (χ1) is 9.04. The molecule has 0 saturated heterocycles. The highest BCUT2D eigenvalue weighted by atomic mass is 16.2. The second kappa shape index (κ2) is 5.74. The van der Waals surface area contributed by atoms with Crippen LogP contribution in [0.25, 0.3) is 0 Å². The van der Waals surface area contributed by atoms with Gasteiger partial charge in [0.05, 0.1) is 0 Å². The Balaban J connectivity index is 1.99. The highest BCUT2D eigenvalue weighted by Crippen LogP contribution is 2.32. The van der Waals surface area contributed by atoms with Gasteiger partial charge >= 0.3 is 0 Å². The lowest BCUT2D eigenvalue weighted by Crippen LogP contribution is -2.50. The summed E-state index contributed by atoms with van der Waals surface area (Å²) in [4.78, 5) is 14.3. The third-order valence-corrected chi connectivity index (χ3v) is 4.21. The van der Waals surface area contributed by atoms with Crippen molar-refractivity contribution < 1.29 is 4.79 Å². The summed E-state index contributed by atoms with van der Waals surface area (Å²) in [6.45, 7) is 5.55. The zero-order chi connectivity index (χ0) is 13.9. The Morgan fingerprint density at radius 2 is 2.05 bits per heavy atom. The monoisotopic (exact) mass is 260 g/mol. The Hall–Kier alpha value is -1.35. The fourth-order valence-corrected chi connectivity index (χ4v) is 2.59. The van der Waals surface area contributed by atoms with Gasteiger partial charge in [0, 0.05) is 25.0 Å². The van der Waals surface area contributed by atoms with E-state index >= 15 is 0 Å². The standard InChI is InChI=1S/C16H24N2O/c1-3-18(12-14-8-5-4-7-13(14)2)15(19)11-16(17)9-6-10-16/h4-5,7-8H,3,6,9-12,17H2,1-2H3. The minimum atomic E-state index is -0.226. The second-order valence-corrected chi connectivity index (χ2v) is 5.73. The molecule has 1 aromatic carbocycles. The zero-order valence-corrected chi connectivity index (χ0v) is 12.0. The number of hydrogen-bond acceptors (Lipinski definition) is 2. The van der Waals surface area contributed by atoms with Gasteiger partial charge in [0.2, 0.25) is 5.91 Å². The Labute approximate surface area is 115 Å². The molecule has 2 N–H and O–H groups in total. The molecule has 1 aliphatic rings. The van der Waals surface area contributed by atoms with Gasteiger partial charge in [-0.25, -0.2) is 0 Å². The number of hydrogen-bond donors (Lipinski definition) is 1. The van der Waals surface area contributed by atoms with Crippen molar-refractivity contribution in [3.05, 3.63) is 35.4 Å². The minimum absolute atomic E-state index is 0.188. The van der Waals surface area contributed by atoms with Gasteiger partial charge in [-0.3, -0.25) is 4.79 Å². The van der Waals surface area contributed by atoms with Crippen LogP contribution in [-0.2, 0) is 11.3 Å². The molecule has 3 heteroatoms. The van der Waals surface area contributed by atoms with Crippen LogP contribution in [0.15, 0.2) is 24.3 Å². The van der Waals surface area contributed by atoms with Crippen LogP contribution in [-0.4, -0.2) is 22.9 Å². The number of nitrogens with zero attached hydrogens (tertiary/aromatic N) is 1. The van der Waals surface area contributed by atoms with Gasteiger partial charge in [-0.15, -0.1) is 0 Å². The van der Waals surface area contributed by atoms with Gasteiger partial charge < -0.3 is 10.6 Å². The summed E-state index contributed by atoms with van der Waals surface area (Å²) in [6, 6.07) is 8.23. The van der Waals surface area contributed by atoms with E-state index in [2.05, 4.69) is 19.1 Å². The second-order valence-electron chi connectivity index (χ2n) is 5.73. The average molecular weight is 260 g/mol. The molecule has 19 heavy (non-hydrogen) atoms. The highest BCUT2D eigenvalue weighted by Gasteiger charge is 2.35. The minimum Gasteiger partial charge on any atom is -0.339 e. The molecule has 1 aliphatic carbocycles. The highest BCUT2D eigenvalue weighted by molar-refractivity contribution is 5.77. The summed E-state index contributed by atoms with van der Waals surface area (Å²) in [7, 11) is 0. The topological polar surface area (TPSA) is 46.3 Å². The van der Waals surface area contributed by atoms with Crippen molar-refractivity contribution in [1.29, 1.82) is 0 Å². The Kier molecular flexibility index (Phi) is 4.25. The van der Waals surface area contributed by atoms with Gasteiger partial charge in [-0.2, -0.15) is 0 Å². The number of aryl methyl sites for hydroxylation is 1. The SMILES string of the molecule is CCN(Cc1ccccc1C)C(=O)CC1(N)CCC1. The van der Waals surface area contributed by atoms with E-state index in [0.29, 0.717) is 13.0 Å². The molecule has 0 spiro atoms. The molecular formula is C16H24N2O. The van der Waals surface area contributed by atoms with E-state index in [1.165, 1.54) is 11.1 Å². The molecule has 0 bridgehead atoms. The summed E-state index contributed by atoms with van der Waals surface area (Å²) in [5, 5.41) is 0. The Morgan fingerprint density at radius 3 is 2.58 bits per heavy atom. The van der Waals surface area contributed by atoms with Crippen LogP contribution in [0.5, 0.6) is 0 Å². The van der Waals surface area contributed by atoms with Crippen LogP contribution in [0.3, 0.4) is 0 Å². The average Bonchev–Trinajstić information content (AvgIpc) is 2.35. The number of amides is 1. The lowest BCUT2D eigenvalue weighted by atomic mass is 9.75. The number of rotatable bonds is 5. The molecule has 0 atom stereocenters. The number of carbonyl (C=O) groups is 1. The van der Waals surface area contributed by atoms with Gasteiger partial charge in [0.15, 0.2) is 0 Å². The van der Waals surface area contributed by atoms with Crippen LogP contribution in [0.1, 0.15) is 43.7 Å². The first-order valence-electron chi connectivity index (χ1n) is 7.15. The van der Waals surface area contributed by atoms with E-state index in [1.54, 1.807) is 0 Å². The van der Waals surface area contributed by atoms with E-state index in [9.17, 15) is 4.79 Å². The molecule has 0 aliphatic heterocycles. The molecule has 0 unspecified atom stereocenters. The smallest absolute Gasteiger partial charge is 0.224 e. The summed E-state index contributed by atoms with van der Waals surface area (Å²) in [5.74, 6) is 0.188. The lowest BCUT2D eigenvalue weighted by Gasteiger charge is -2.39. The summed E-state index contributed by atoms with van der Waals surface area (Å²) >= 11 is 0. The summed E-state index contributed by atoms with van der Waals surface area (Å²) in [6.07, 6.45) is 3.63. The van der Waals surface area contributed by atoms with Gasteiger partial charge in [-0.05, 0) is 44.2 Å². The predicted molar refractivity (Wildman–Crippen MR) is 77.7 cm³/mol. The van der Waals surface area contributed by atoms with Crippen molar-refractivity contribution in [2.45, 2.75) is 51.6 Å². The van der Waals surface area contributed by atoms with Gasteiger partial charge in [0.1, 0.15) is 0 Å². The van der Waals surface area contributed by atoms with Crippen LogP contribution >= 0.6 is 0 Å². The molecule has 1 fully saturated rings. The summed E-state index contributed by atoms with van der Waals surface area (Å²) in [5.41, 5.74) is 8.40. The van der Waals surface area contributed by atoms with Crippen molar-refractivity contribution in [2.24, 2.45) is 5.73 Å². The molecule has 1 saturated carbocycles. The predicted octanol–water partition coefficient (Wildman–Crippen LogP) is 2.62. The Morgan fingerprint density at radius 1 is 1.37 bits per heavy atom. The fraction of sp³-hybridized carbons (Fsp3) is 0.562. The molecule has 0 aromatic heterocycles. The van der Waals surface area contributed by atoms with Gasteiger partial charge in [-0.1, -0.05) is 24.3 Å². The van der Waals surface area contributed by atoms with E-state index < -0.39 is 0 Å². The maximum absolute atomic E-state index is 12.3. The first kappa shape index (κ1) is 14.1. The van der Waals surface area contributed by atoms with Crippen LogP contribution < -0.4 is 5.73 Å². The molecule has 104 valence electrons. The van der Waals surface area contributed by atoms with Crippen molar-refractivity contribution >= 4 is 5.91 Å². The molecule has 1 amide bonds. The Bertz CT molecular complexity index is 452. The lowest BCUT2D eigenvalue weighted by molar-refractivity contribution is -0.133. The van der Waals surface area contributed by atoms with E-state index in [-0.39, 0.29) is 11.4 Å². The zero-order valence-electron chi connectivity index (χ0n) is 12.0. The first-order valence-corrected chi connectivity index (χ1v) is 7.15. The van der Waals surface area contributed by atoms with E-state index in [4.69, 9.17) is 5.73 Å². The third kappa shape index (κ3) is 3.35. The number of carbonyl (C=O) groups excluding carboxylic acids is 1. The number of nitrogens with two attached hydrogens (primary N) is 1. The quantitative estimate of drug-likeness (QED) is 0.884. The van der Waals surface area contributed by atoms with Crippen LogP contribution in [0.4, 0.5) is 0 Å². The normalized spacial score (nSPS) is 16.8.